The predicted octanol–water partition coefficient (Wildman–Crippen LogP) is 3.35. The summed E-state index contributed by atoms with van der Waals surface area (Å²) in [5, 5.41) is 17.0. The summed E-state index contributed by atoms with van der Waals surface area (Å²) in [5.41, 5.74) is 1.23. The van der Waals surface area contributed by atoms with Crippen LogP contribution < -0.4 is 5.32 Å². The van der Waals surface area contributed by atoms with Crippen LogP contribution in [0.1, 0.15) is 48.2 Å². The fourth-order valence-electron chi connectivity index (χ4n) is 3.50. The molecule has 2 N–H and O–H groups in total. The minimum atomic E-state index is -0.895. The lowest BCUT2D eigenvalue weighted by Crippen LogP contribution is -2.47. The van der Waals surface area contributed by atoms with Gasteiger partial charge in [-0.05, 0) is 38.0 Å². The number of rotatable bonds is 5. The highest BCUT2D eigenvalue weighted by molar-refractivity contribution is 6.30. The molecule has 1 aliphatic carbocycles. The highest BCUT2D eigenvalue weighted by Crippen LogP contribution is 2.33. The Morgan fingerprint density at radius 1 is 1.36 bits per heavy atom. The molecule has 0 saturated heterocycles. The van der Waals surface area contributed by atoms with Gasteiger partial charge in [0, 0.05) is 5.02 Å². The molecule has 1 heterocycles. The first-order chi connectivity index (χ1) is 11.9. The van der Waals surface area contributed by atoms with Crippen molar-refractivity contribution in [1.29, 1.82) is 0 Å². The second-order valence-electron chi connectivity index (χ2n) is 6.55. The van der Waals surface area contributed by atoms with E-state index in [0.717, 1.165) is 18.5 Å². The third kappa shape index (κ3) is 3.69. The average molecular weight is 362 g/mol. The van der Waals surface area contributed by atoms with Crippen LogP contribution in [0, 0.1) is 6.92 Å². The van der Waals surface area contributed by atoms with Crippen LogP contribution in [0.15, 0.2) is 30.5 Å². The molecule has 1 aromatic heterocycles. The van der Waals surface area contributed by atoms with Gasteiger partial charge in [0.25, 0.3) is 5.91 Å². The Labute approximate surface area is 150 Å². The molecule has 0 radical (unpaired) electrons. The summed E-state index contributed by atoms with van der Waals surface area (Å²) in [6.07, 6.45) is 4.68. The third-order valence-electron chi connectivity index (χ3n) is 4.74. The second-order valence-corrected chi connectivity index (χ2v) is 6.98. The molecule has 1 saturated carbocycles. The van der Waals surface area contributed by atoms with E-state index in [0.29, 0.717) is 29.1 Å². The number of nitrogens with zero attached hydrogens (tertiary/aromatic N) is 2. The molecule has 1 fully saturated rings. The molecule has 132 valence electrons. The van der Waals surface area contributed by atoms with Gasteiger partial charge in [0.15, 0.2) is 0 Å². The van der Waals surface area contributed by atoms with E-state index in [1.54, 1.807) is 23.7 Å². The Balaban J connectivity index is 1.84. The van der Waals surface area contributed by atoms with Crippen molar-refractivity contribution >= 4 is 23.5 Å². The Morgan fingerprint density at radius 2 is 2.08 bits per heavy atom. The minimum Gasteiger partial charge on any atom is -0.481 e. The molecule has 0 atom stereocenters. The van der Waals surface area contributed by atoms with Crippen molar-refractivity contribution in [2.45, 2.75) is 44.6 Å². The van der Waals surface area contributed by atoms with Crippen LogP contribution in [0.5, 0.6) is 0 Å². The SMILES string of the molecule is Cc1c(C(=O)NC2(CC(=O)O)CCCC2)cnn1-c1cccc(Cl)c1. The largest absolute Gasteiger partial charge is 0.481 e. The molecule has 1 amide bonds. The number of carbonyl (C=O) groups excluding carboxylic acids is 1. The molecule has 1 aromatic carbocycles. The molecule has 6 nitrogen and oxygen atoms in total. The number of carbonyl (C=O) groups is 2. The van der Waals surface area contributed by atoms with Crippen molar-refractivity contribution in [2.75, 3.05) is 0 Å². The predicted molar refractivity (Wildman–Crippen MR) is 94.2 cm³/mol. The quantitative estimate of drug-likeness (QED) is 0.855. The van der Waals surface area contributed by atoms with Gasteiger partial charge in [-0.2, -0.15) is 5.10 Å². The summed E-state index contributed by atoms with van der Waals surface area (Å²) < 4.78 is 1.65. The van der Waals surface area contributed by atoms with E-state index in [9.17, 15) is 14.7 Å². The number of amides is 1. The van der Waals surface area contributed by atoms with E-state index in [2.05, 4.69) is 10.4 Å². The second kappa shape index (κ2) is 6.88. The highest BCUT2D eigenvalue weighted by atomic mass is 35.5. The summed E-state index contributed by atoms with van der Waals surface area (Å²) in [6.45, 7) is 1.81. The molecule has 0 unspecified atom stereocenters. The van der Waals surface area contributed by atoms with Crippen molar-refractivity contribution in [3.05, 3.63) is 46.7 Å². The zero-order chi connectivity index (χ0) is 18.0. The lowest BCUT2D eigenvalue weighted by Gasteiger charge is -2.28. The third-order valence-corrected chi connectivity index (χ3v) is 4.97. The van der Waals surface area contributed by atoms with Crippen LogP contribution >= 0.6 is 11.6 Å². The van der Waals surface area contributed by atoms with E-state index < -0.39 is 11.5 Å². The van der Waals surface area contributed by atoms with Gasteiger partial charge in [-0.15, -0.1) is 0 Å². The number of hydrogen-bond acceptors (Lipinski definition) is 3. The fourth-order valence-corrected chi connectivity index (χ4v) is 3.68. The van der Waals surface area contributed by atoms with Gasteiger partial charge in [-0.3, -0.25) is 9.59 Å². The summed E-state index contributed by atoms with van der Waals surface area (Å²) in [6, 6.07) is 7.22. The van der Waals surface area contributed by atoms with Gasteiger partial charge < -0.3 is 10.4 Å². The zero-order valence-electron chi connectivity index (χ0n) is 14.0. The summed E-state index contributed by atoms with van der Waals surface area (Å²) in [5.74, 6) is -1.18. The van der Waals surface area contributed by atoms with Gasteiger partial charge in [0.05, 0.1) is 35.1 Å². The number of halogens is 1. The topological polar surface area (TPSA) is 84.2 Å². The van der Waals surface area contributed by atoms with Crippen molar-refractivity contribution in [1.82, 2.24) is 15.1 Å². The molecular weight excluding hydrogens is 342 g/mol. The van der Waals surface area contributed by atoms with Gasteiger partial charge >= 0.3 is 5.97 Å². The lowest BCUT2D eigenvalue weighted by molar-refractivity contribution is -0.138. The van der Waals surface area contributed by atoms with Crippen LogP contribution in [0.2, 0.25) is 5.02 Å². The van der Waals surface area contributed by atoms with Gasteiger partial charge in [0.1, 0.15) is 0 Å². The molecular formula is C18H20ClN3O3. The van der Waals surface area contributed by atoms with Crippen molar-refractivity contribution in [3.63, 3.8) is 0 Å². The molecule has 0 bridgehead atoms. The van der Waals surface area contributed by atoms with Gasteiger partial charge in [-0.1, -0.05) is 30.5 Å². The smallest absolute Gasteiger partial charge is 0.305 e. The number of benzene rings is 1. The first kappa shape index (κ1) is 17.5. The monoisotopic (exact) mass is 361 g/mol. The maximum Gasteiger partial charge on any atom is 0.305 e. The van der Waals surface area contributed by atoms with Gasteiger partial charge in [0.2, 0.25) is 0 Å². The number of nitrogens with one attached hydrogen (secondary N) is 1. The Hall–Kier alpha value is -2.34. The zero-order valence-corrected chi connectivity index (χ0v) is 14.7. The molecule has 3 rings (SSSR count). The molecule has 0 spiro atoms. The molecule has 2 aromatic rings. The van der Waals surface area contributed by atoms with Gasteiger partial charge in [-0.25, -0.2) is 4.68 Å². The number of aromatic nitrogens is 2. The molecule has 25 heavy (non-hydrogen) atoms. The average Bonchev–Trinajstić information content (AvgIpc) is 3.13. The van der Waals surface area contributed by atoms with Crippen molar-refractivity contribution < 1.29 is 14.7 Å². The number of carboxylic acids is 1. The van der Waals surface area contributed by atoms with Crippen molar-refractivity contribution in [3.8, 4) is 5.69 Å². The van der Waals surface area contributed by atoms with Crippen LogP contribution in [0.25, 0.3) is 5.69 Å². The lowest BCUT2D eigenvalue weighted by atomic mass is 9.92. The first-order valence-corrected chi connectivity index (χ1v) is 8.63. The summed E-state index contributed by atoms with van der Waals surface area (Å²) >= 11 is 6.02. The molecule has 7 heteroatoms. The Morgan fingerprint density at radius 3 is 2.72 bits per heavy atom. The van der Waals surface area contributed by atoms with Crippen LogP contribution in [0.3, 0.4) is 0 Å². The van der Waals surface area contributed by atoms with Crippen LogP contribution in [-0.4, -0.2) is 32.3 Å². The Kier molecular flexibility index (Phi) is 4.81. The van der Waals surface area contributed by atoms with E-state index >= 15 is 0 Å². The highest BCUT2D eigenvalue weighted by Gasteiger charge is 2.38. The first-order valence-electron chi connectivity index (χ1n) is 8.25. The maximum absolute atomic E-state index is 12.7. The van der Waals surface area contributed by atoms with Crippen molar-refractivity contribution in [2.24, 2.45) is 0 Å². The Bertz CT molecular complexity index is 810. The van der Waals surface area contributed by atoms with E-state index in [1.165, 1.54) is 6.20 Å². The normalized spacial score (nSPS) is 15.9. The summed E-state index contributed by atoms with van der Waals surface area (Å²) in [4.78, 5) is 23.9. The number of carboxylic acid groups (broad SMARTS) is 1. The fraction of sp³-hybridized carbons (Fsp3) is 0.389. The van der Waals surface area contributed by atoms with Crippen LogP contribution in [0.4, 0.5) is 0 Å². The summed E-state index contributed by atoms with van der Waals surface area (Å²) in [7, 11) is 0. The minimum absolute atomic E-state index is 0.0553. The number of hydrogen-bond donors (Lipinski definition) is 2. The number of aliphatic carboxylic acids is 1. The maximum atomic E-state index is 12.7. The van der Waals surface area contributed by atoms with E-state index in [-0.39, 0.29) is 12.3 Å². The molecule has 0 aliphatic heterocycles. The van der Waals surface area contributed by atoms with E-state index in [1.807, 2.05) is 12.1 Å². The van der Waals surface area contributed by atoms with E-state index in [4.69, 9.17) is 11.6 Å². The standard InChI is InChI=1S/C18H20ClN3O3/c1-12-15(11-20-22(12)14-6-4-5-13(19)9-14)17(25)21-18(10-16(23)24)7-2-3-8-18/h4-6,9,11H,2-3,7-8,10H2,1H3,(H,21,25)(H,23,24). The van der Waals surface area contributed by atoms with Crippen LogP contribution in [-0.2, 0) is 4.79 Å². The molecule has 1 aliphatic rings.